The first-order valence-corrected chi connectivity index (χ1v) is 9.79. The zero-order valence-electron chi connectivity index (χ0n) is 17.2. The number of rotatable bonds is 7. The second kappa shape index (κ2) is 10.0. The number of carbonyl (C=O) groups is 2. The Kier molecular flexibility index (Phi) is 6.97. The maximum atomic E-state index is 12.8. The Morgan fingerprint density at radius 3 is 2.42 bits per heavy atom. The van der Waals surface area contributed by atoms with E-state index in [-0.39, 0.29) is 11.3 Å². The molecule has 4 heteroatoms. The molecule has 0 saturated heterocycles. The minimum absolute atomic E-state index is 0.125. The highest BCUT2D eigenvalue weighted by atomic mass is 16.3. The van der Waals surface area contributed by atoms with Crippen molar-refractivity contribution < 1.29 is 14.7 Å². The van der Waals surface area contributed by atoms with Crippen LogP contribution in [-0.4, -0.2) is 17.3 Å². The largest absolute Gasteiger partial charge is 0.507 e. The molecule has 3 rings (SSSR count). The van der Waals surface area contributed by atoms with E-state index in [2.05, 4.69) is 11.9 Å². The van der Waals surface area contributed by atoms with E-state index in [9.17, 15) is 14.7 Å². The van der Waals surface area contributed by atoms with Crippen molar-refractivity contribution in [2.75, 3.05) is 5.32 Å². The van der Waals surface area contributed by atoms with E-state index < -0.39 is 5.91 Å². The van der Waals surface area contributed by atoms with E-state index in [1.54, 1.807) is 42.5 Å². The third-order valence-corrected chi connectivity index (χ3v) is 4.83. The van der Waals surface area contributed by atoms with Crippen LogP contribution in [0.25, 0.3) is 16.7 Å². The molecule has 0 unspecified atom stereocenters. The predicted molar refractivity (Wildman–Crippen MR) is 126 cm³/mol. The van der Waals surface area contributed by atoms with Gasteiger partial charge in [0.2, 0.25) is 0 Å². The number of hydrogen-bond acceptors (Lipinski definition) is 3. The zero-order valence-corrected chi connectivity index (χ0v) is 17.2. The molecular formula is C27H23NO3. The Labute approximate surface area is 181 Å². The Balaban J connectivity index is 1.87. The first-order valence-electron chi connectivity index (χ1n) is 9.79. The fourth-order valence-corrected chi connectivity index (χ4v) is 3.11. The van der Waals surface area contributed by atoms with Gasteiger partial charge in [-0.15, -0.1) is 0 Å². The Morgan fingerprint density at radius 2 is 1.74 bits per heavy atom. The van der Waals surface area contributed by atoms with Gasteiger partial charge in [-0.05, 0) is 53.5 Å². The summed E-state index contributed by atoms with van der Waals surface area (Å²) in [6.07, 6.45) is 7.91. The predicted octanol–water partition coefficient (Wildman–Crippen LogP) is 6.27. The highest BCUT2D eigenvalue weighted by molar-refractivity contribution is 6.08. The molecule has 3 aromatic carbocycles. The number of nitrogens with one attached hydrogen (secondary N) is 1. The van der Waals surface area contributed by atoms with Gasteiger partial charge in [-0.1, -0.05) is 73.3 Å². The second-order valence-electron chi connectivity index (χ2n) is 6.94. The number of anilines is 1. The fraction of sp³-hybridized carbons (Fsp3) is 0.0370. The molecule has 0 heterocycles. The molecule has 0 fully saturated rings. The van der Waals surface area contributed by atoms with Crippen LogP contribution in [0.1, 0.15) is 33.2 Å². The molecule has 0 spiro atoms. The van der Waals surface area contributed by atoms with Crippen molar-refractivity contribution in [1.82, 2.24) is 0 Å². The van der Waals surface area contributed by atoms with Gasteiger partial charge in [0.1, 0.15) is 5.75 Å². The molecule has 154 valence electrons. The highest BCUT2D eigenvalue weighted by Gasteiger charge is 2.15. The Hall–Kier alpha value is -4.18. The summed E-state index contributed by atoms with van der Waals surface area (Å²) in [6.45, 7) is 5.53. The van der Waals surface area contributed by atoms with Crippen molar-refractivity contribution in [1.29, 1.82) is 0 Å². The molecule has 4 nitrogen and oxygen atoms in total. The van der Waals surface area contributed by atoms with Crippen molar-refractivity contribution in [3.63, 3.8) is 0 Å². The van der Waals surface area contributed by atoms with Gasteiger partial charge in [0, 0.05) is 5.56 Å². The van der Waals surface area contributed by atoms with Gasteiger partial charge in [-0.3, -0.25) is 9.59 Å². The molecule has 3 aromatic rings. The monoisotopic (exact) mass is 409 g/mol. The molecule has 2 N–H and O–H groups in total. The summed E-state index contributed by atoms with van der Waals surface area (Å²) in [4.78, 5) is 24.3. The first-order chi connectivity index (χ1) is 15.0. The summed E-state index contributed by atoms with van der Waals surface area (Å²) >= 11 is 0. The SMILES string of the molecule is C=C/C=C\C=C(C)c1ccc(C(=O)Nc2cc(-c3ccccc3)ccc2C=O)c(O)c1. The summed E-state index contributed by atoms with van der Waals surface area (Å²) in [5.41, 5.74) is 4.43. The number of phenolic OH excluding ortho intramolecular Hbond substituents is 1. The lowest BCUT2D eigenvalue weighted by Gasteiger charge is -2.12. The molecule has 0 aliphatic heterocycles. The molecule has 0 radical (unpaired) electrons. The lowest BCUT2D eigenvalue weighted by molar-refractivity contribution is 0.102. The van der Waals surface area contributed by atoms with E-state index in [0.717, 1.165) is 22.3 Å². The maximum absolute atomic E-state index is 12.8. The number of allylic oxidation sites excluding steroid dienone is 5. The van der Waals surface area contributed by atoms with Crippen LogP contribution in [0.4, 0.5) is 5.69 Å². The molecular weight excluding hydrogens is 386 g/mol. The van der Waals surface area contributed by atoms with Gasteiger partial charge in [-0.25, -0.2) is 0 Å². The number of benzene rings is 3. The molecule has 0 atom stereocenters. The van der Waals surface area contributed by atoms with Crippen molar-refractivity contribution in [2.45, 2.75) is 6.92 Å². The van der Waals surface area contributed by atoms with E-state index in [0.29, 0.717) is 17.5 Å². The normalized spacial score (nSPS) is 11.3. The van der Waals surface area contributed by atoms with Gasteiger partial charge in [0.05, 0.1) is 11.3 Å². The zero-order chi connectivity index (χ0) is 22.2. The van der Waals surface area contributed by atoms with Crippen LogP contribution in [0.2, 0.25) is 0 Å². The molecule has 0 bridgehead atoms. The lowest BCUT2D eigenvalue weighted by atomic mass is 10.0. The van der Waals surface area contributed by atoms with Crippen LogP contribution in [0.3, 0.4) is 0 Å². The van der Waals surface area contributed by atoms with Gasteiger partial charge in [0.25, 0.3) is 5.91 Å². The third-order valence-electron chi connectivity index (χ3n) is 4.83. The van der Waals surface area contributed by atoms with Crippen LogP contribution in [0.5, 0.6) is 5.75 Å². The van der Waals surface area contributed by atoms with Crippen LogP contribution in [0.15, 0.2) is 97.6 Å². The smallest absolute Gasteiger partial charge is 0.259 e. The van der Waals surface area contributed by atoms with Crippen molar-refractivity contribution in [3.8, 4) is 16.9 Å². The van der Waals surface area contributed by atoms with Crippen molar-refractivity contribution in [2.24, 2.45) is 0 Å². The summed E-state index contributed by atoms with van der Waals surface area (Å²) < 4.78 is 0. The Bertz CT molecular complexity index is 1170. The van der Waals surface area contributed by atoms with Gasteiger partial charge in [0.15, 0.2) is 6.29 Å². The quantitative estimate of drug-likeness (QED) is 0.357. The summed E-state index contributed by atoms with van der Waals surface area (Å²) in [7, 11) is 0. The molecule has 0 aliphatic carbocycles. The number of phenols is 1. The van der Waals surface area contributed by atoms with Crippen LogP contribution < -0.4 is 5.32 Å². The number of hydrogen-bond donors (Lipinski definition) is 2. The van der Waals surface area contributed by atoms with Gasteiger partial charge in [-0.2, -0.15) is 0 Å². The van der Waals surface area contributed by atoms with Crippen LogP contribution in [0, 0.1) is 0 Å². The number of carbonyl (C=O) groups excluding carboxylic acids is 2. The number of aldehydes is 1. The van der Waals surface area contributed by atoms with E-state index in [1.807, 2.05) is 55.5 Å². The number of amides is 1. The average Bonchev–Trinajstić information content (AvgIpc) is 2.79. The van der Waals surface area contributed by atoms with Crippen molar-refractivity contribution >= 4 is 23.5 Å². The minimum Gasteiger partial charge on any atom is -0.507 e. The van der Waals surface area contributed by atoms with Crippen LogP contribution in [-0.2, 0) is 0 Å². The summed E-state index contributed by atoms with van der Waals surface area (Å²) in [5, 5.41) is 13.2. The number of aromatic hydroxyl groups is 1. The van der Waals surface area contributed by atoms with E-state index in [4.69, 9.17) is 0 Å². The van der Waals surface area contributed by atoms with E-state index >= 15 is 0 Å². The second-order valence-corrected chi connectivity index (χ2v) is 6.94. The fourth-order valence-electron chi connectivity index (χ4n) is 3.11. The highest BCUT2D eigenvalue weighted by Crippen LogP contribution is 2.28. The van der Waals surface area contributed by atoms with E-state index in [1.165, 1.54) is 0 Å². The lowest BCUT2D eigenvalue weighted by Crippen LogP contribution is -2.13. The van der Waals surface area contributed by atoms with Gasteiger partial charge >= 0.3 is 0 Å². The van der Waals surface area contributed by atoms with Crippen LogP contribution >= 0.6 is 0 Å². The molecule has 31 heavy (non-hydrogen) atoms. The molecule has 1 amide bonds. The Morgan fingerprint density at radius 1 is 0.968 bits per heavy atom. The third kappa shape index (κ3) is 5.25. The average molecular weight is 409 g/mol. The van der Waals surface area contributed by atoms with Gasteiger partial charge < -0.3 is 10.4 Å². The summed E-state index contributed by atoms with van der Waals surface area (Å²) in [5.74, 6) is -0.632. The topological polar surface area (TPSA) is 66.4 Å². The molecule has 0 saturated carbocycles. The maximum Gasteiger partial charge on any atom is 0.259 e. The molecule has 0 aliphatic rings. The first kappa shape index (κ1) is 21.5. The standard InChI is InChI=1S/C27H23NO3/c1-3-4-6-9-19(2)21-14-15-24(26(30)17-21)27(31)28-25-16-22(12-13-23(25)18-29)20-10-7-5-8-11-20/h3-18,30H,1H2,2H3,(H,28,31)/b6-4-,19-9?. The summed E-state index contributed by atoms with van der Waals surface area (Å²) in [6, 6.07) is 19.8. The van der Waals surface area contributed by atoms with Crippen molar-refractivity contribution in [3.05, 3.63) is 114 Å². The molecule has 0 aromatic heterocycles. The minimum atomic E-state index is -0.495.